The van der Waals surface area contributed by atoms with Crippen LogP contribution in [0.4, 0.5) is 0 Å². The molecule has 0 aliphatic carbocycles. The normalized spacial score (nSPS) is 10.0. The predicted octanol–water partition coefficient (Wildman–Crippen LogP) is 3.61. The van der Waals surface area contributed by atoms with Crippen molar-refractivity contribution in [2.45, 2.75) is 20.0 Å². The molecule has 0 aromatic heterocycles. The number of likely N-dealkylation sites (N-methyl/N-ethyl adjacent to an activating group) is 1. The van der Waals surface area contributed by atoms with Crippen LogP contribution in [0.2, 0.25) is 5.02 Å². The summed E-state index contributed by atoms with van der Waals surface area (Å²) in [6.45, 7) is 4.83. The second-order valence-corrected chi connectivity index (χ2v) is 5.88. The number of rotatable bonds is 9. The zero-order valence-electron chi connectivity index (χ0n) is 14.3. The third-order valence-electron chi connectivity index (χ3n) is 3.46. The molecule has 25 heavy (non-hydrogen) atoms. The number of carbonyl (C=O) groups excluding carboxylic acids is 1. The van der Waals surface area contributed by atoms with Gasteiger partial charge in [-0.3, -0.25) is 4.79 Å². The number of halogens is 2. The molecule has 2 N–H and O–H groups in total. The average molecular weight is 383 g/mol. The summed E-state index contributed by atoms with van der Waals surface area (Å²) in [6, 6.07) is 15.2. The number of carbonyl (C=O) groups is 1. The van der Waals surface area contributed by atoms with Gasteiger partial charge in [0.2, 0.25) is 5.91 Å². The number of benzene rings is 2. The number of ether oxygens (including phenoxy) is 1. The van der Waals surface area contributed by atoms with E-state index in [4.69, 9.17) is 16.3 Å². The highest BCUT2D eigenvalue weighted by atomic mass is 35.5. The summed E-state index contributed by atoms with van der Waals surface area (Å²) in [5.41, 5.74) is 1.98. The molecule has 0 bridgehead atoms. The lowest BCUT2D eigenvalue weighted by Crippen LogP contribution is -2.32. The van der Waals surface area contributed by atoms with Crippen LogP contribution in [0, 0.1) is 0 Å². The van der Waals surface area contributed by atoms with Crippen molar-refractivity contribution in [1.82, 2.24) is 10.6 Å². The van der Waals surface area contributed by atoms with Gasteiger partial charge in [0, 0.05) is 18.1 Å². The van der Waals surface area contributed by atoms with Crippen LogP contribution in [0.5, 0.6) is 5.75 Å². The lowest BCUT2D eigenvalue weighted by molar-refractivity contribution is -0.120. The first-order valence-corrected chi connectivity index (χ1v) is 8.49. The summed E-state index contributed by atoms with van der Waals surface area (Å²) in [4.78, 5) is 11.9. The molecule has 136 valence electrons. The van der Waals surface area contributed by atoms with E-state index in [9.17, 15) is 4.79 Å². The maximum absolute atomic E-state index is 11.9. The van der Waals surface area contributed by atoms with Crippen LogP contribution in [-0.4, -0.2) is 25.5 Å². The average Bonchev–Trinajstić information content (AvgIpc) is 2.59. The van der Waals surface area contributed by atoms with E-state index in [1.807, 2.05) is 55.5 Å². The number of hydrogen-bond acceptors (Lipinski definition) is 3. The van der Waals surface area contributed by atoms with Gasteiger partial charge in [-0.25, -0.2) is 0 Å². The van der Waals surface area contributed by atoms with Crippen LogP contribution in [0.3, 0.4) is 0 Å². The summed E-state index contributed by atoms with van der Waals surface area (Å²) in [7, 11) is 0. The fourth-order valence-electron chi connectivity index (χ4n) is 2.21. The Bertz CT molecular complexity index is 648. The first kappa shape index (κ1) is 21.3. The van der Waals surface area contributed by atoms with Crippen molar-refractivity contribution in [3.63, 3.8) is 0 Å². The van der Waals surface area contributed by atoms with E-state index in [-0.39, 0.29) is 18.3 Å². The minimum atomic E-state index is 0. The number of nitrogens with one attached hydrogen (secondary N) is 2. The van der Waals surface area contributed by atoms with E-state index in [1.54, 1.807) is 0 Å². The van der Waals surface area contributed by atoms with E-state index in [0.717, 1.165) is 30.0 Å². The van der Waals surface area contributed by atoms with E-state index in [1.165, 1.54) is 0 Å². The Labute approximate surface area is 160 Å². The van der Waals surface area contributed by atoms with Gasteiger partial charge in [-0.15, -0.1) is 12.4 Å². The molecule has 4 nitrogen and oxygen atoms in total. The molecular weight excluding hydrogens is 359 g/mol. The Kier molecular flexibility index (Phi) is 10.0. The molecule has 1 amide bonds. The third kappa shape index (κ3) is 8.25. The van der Waals surface area contributed by atoms with Gasteiger partial charge in [0.05, 0.1) is 6.42 Å². The summed E-state index contributed by atoms with van der Waals surface area (Å²) in [5, 5.41) is 6.77. The van der Waals surface area contributed by atoms with Gasteiger partial charge in [-0.1, -0.05) is 42.8 Å². The largest absolute Gasteiger partial charge is 0.489 e. The fraction of sp³-hybridized carbons (Fsp3) is 0.316. The first-order valence-electron chi connectivity index (χ1n) is 8.11. The van der Waals surface area contributed by atoms with Crippen LogP contribution < -0.4 is 15.4 Å². The second-order valence-electron chi connectivity index (χ2n) is 5.44. The van der Waals surface area contributed by atoms with Gasteiger partial charge in [-0.05, 0) is 41.9 Å². The van der Waals surface area contributed by atoms with Crippen molar-refractivity contribution >= 4 is 29.9 Å². The van der Waals surface area contributed by atoms with E-state index < -0.39 is 0 Å². The molecule has 0 radical (unpaired) electrons. The fourth-order valence-corrected chi connectivity index (χ4v) is 2.33. The Morgan fingerprint density at radius 1 is 1.08 bits per heavy atom. The monoisotopic (exact) mass is 382 g/mol. The molecule has 6 heteroatoms. The molecule has 0 fully saturated rings. The molecule has 0 unspecified atom stereocenters. The molecule has 2 aromatic rings. The molecule has 2 rings (SSSR count). The van der Waals surface area contributed by atoms with E-state index >= 15 is 0 Å². The van der Waals surface area contributed by atoms with Crippen molar-refractivity contribution in [3.8, 4) is 5.75 Å². The van der Waals surface area contributed by atoms with Crippen molar-refractivity contribution in [2.24, 2.45) is 0 Å². The molecule has 0 aliphatic rings. The van der Waals surface area contributed by atoms with Crippen LogP contribution in [-0.2, 0) is 17.8 Å². The minimum absolute atomic E-state index is 0. The molecule has 2 aromatic carbocycles. The van der Waals surface area contributed by atoms with Gasteiger partial charge in [0.1, 0.15) is 12.4 Å². The van der Waals surface area contributed by atoms with Gasteiger partial charge >= 0.3 is 0 Å². The lowest BCUT2D eigenvalue weighted by atomic mass is 10.1. The van der Waals surface area contributed by atoms with Crippen molar-refractivity contribution in [3.05, 3.63) is 64.7 Å². The maximum atomic E-state index is 11.9. The van der Waals surface area contributed by atoms with Crippen LogP contribution in [0.15, 0.2) is 48.5 Å². The van der Waals surface area contributed by atoms with Gasteiger partial charge in [-0.2, -0.15) is 0 Å². The zero-order valence-corrected chi connectivity index (χ0v) is 15.8. The van der Waals surface area contributed by atoms with Crippen LogP contribution in [0.1, 0.15) is 18.1 Å². The van der Waals surface area contributed by atoms with Gasteiger partial charge < -0.3 is 15.4 Å². The standard InChI is InChI=1S/C19H23ClN2O2.ClH/c1-2-21-10-11-22-19(23)13-16-4-3-5-18(12-16)24-14-15-6-8-17(20)9-7-15;/h3-9,12,21H,2,10-11,13-14H2,1H3,(H,22,23);1H. The Hall–Kier alpha value is -1.75. The predicted molar refractivity (Wildman–Crippen MR) is 105 cm³/mol. The van der Waals surface area contributed by atoms with Gasteiger partial charge in [0.15, 0.2) is 0 Å². The number of amides is 1. The molecule has 0 heterocycles. The topological polar surface area (TPSA) is 50.4 Å². The Balaban J connectivity index is 0.00000312. The highest BCUT2D eigenvalue weighted by Crippen LogP contribution is 2.16. The maximum Gasteiger partial charge on any atom is 0.224 e. The third-order valence-corrected chi connectivity index (χ3v) is 3.71. The highest BCUT2D eigenvalue weighted by Gasteiger charge is 2.04. The second kappa shape index (κ2) is 11.7. The lowest BCUT2D eigenvalue weighted by Gasteiger charge is -2.09. The number of hydrogen-bond donors (Lipinski definition) is 2. The highest BCUT2D eigenvalue weighted by molar-refractivity contribution is 6.30. The smallest absolute Gasteiger partial charge is 0.224 e. The molecular formula is C19H24Cl2N2O2. The quantitative estimate of drug-likeness (QED) is 0.651. The van der Waals surface area contributed by atoms with E-state index in [2.05, 4.69) is 10.6 Å². The summed E-state index contributed by atoms with van der Waals surface area (Å²) >= 11 is 5.87. The summed E-state index contributed by atoms with van der Waals surface area (Å²) in [6.07, 6.45) is 0.351. The SMILES string of the molecule is CCNCCNC(=O)Cc1cccc(OCc2ccc(Cl)cc2)c1.Cl. The first-order chi connectivity index (χ1) is 11.7. The van der Waals surface area contributed by atoms with Crippen molar-refractivity contribution in [2.75, 3.05) is 19.6 Å². The Morgan fingerprint density at radius 2 is 1.84 bits per heavy atom. The van der Waals surface area contributed by atoms with Crippen LogP contribution >= 0.6 is 24.0 Å². The Morgan fingerprint density at radius 3 is 2.56 bits per heavy atom. The molecule has 0 saturated carbocycles. The van der Waals surface area contributed by atoms with Gasteiger partial charge in [0.25, 0.3) is 0 Å². The summed E-state index contributed by atoms with van der Waals surface area (Å²) < 4.78 is 5.78. The summed E-state index contributed by atoms with van der Waals surface area (Å²) in [5.74, 6) is 0.769. The molecule has 0 saturated heterocycles. The molecule has 0 atom stereocenters. The minimum Gasteiger partial charge on any atom is -0.489 e. The molecule has 0 spiro atoms. The molecule has 0 aliphatic heterocycles. The van der Waals surface area contributed by atoms with Crippen molar-refractivity contribution < 1.29 is 9.53 Å². The van der Waals surface area contributed by atoms with Crippen LogP contribution in [0.25, 0.3) is 0 Å². The zero-order chi connectivity index (χ0) is 17.2. The van der Waals surface area contributed by atoms with Crippen molar-refractivity contribution in [1.29, 1.82) is 0 Å². The van der Waals surface area contributed by atoms with E-state index in [0.29, 0.717) is 24.6 Å².